The van der Waals surface area contributed by atoms with E-state index in [0.29, 0.717) is 44.0 Å². The number of rotatable bonds is 13. The minimum absolute atomic E-state index is 0.0188. The van der Waals surface area contributed by atoms with Gasteiger partial charge in [0.1, 0.15) is 30.9 Å². The average Bonchev–Trinajstić information content (AvgIpc) is 3.66. The van der Waals surface area contributed by atoms with E-state index in [1.165, 1.54) is 10.9 Å². The summed E-state index contributed by atoms with van der Waals surface area (Å²) in [6.07, 6.45) is -5.53. The summed E-state index contributed by atoms with van der Waals surface area (Å²) in [6.45, 7) is 3.94. The summed E-state index contributed by atoms with van der Waals surface area (Å²) in [4.78, 5) is 42.5. The lowest BCUT2D eigenvalue weighted by molar-refractivity contribution is -0.198. The minimum atomic E-state index is -2.35. The predicted molar refractivity (Wildman–Crippen MR) is 178 cm³/mol. The number of aliphatic hydroxyl groups is 1. The van der Waals surface area contributed by atoms with E-state index in [1.54, 1.807) is 42.5 Å². The maximum atomic E-state index is 15.7. The zero-order chi connectivity index (χ0) is 35.3. The molecular weight excluding hydrogens is 675 g/mol. The Labute approximate surface area is 292 Å². The lowest BCUT2D eigenvalue weighted by Gasteiger charge is -2.32. The van der Waals surface area contributed by atoms with E-state index in [-0.39, 0.29) is 41.9 Å². The highest BCUT2D eigenvalue weighted by molar-refractivity contribution is 6.28. The Morgan fingerprint density at radius 1 is 1.08 bits per heavy atom. The third-order valence-corrected chi connectivity index (χ3v) is 8.80. The van der Waals surface area contributed by atoms with Crippen molar-refractivity contribution in [2.75, 3.05) is 51.8 Å². The molecule has 50 heavy (non-hydrogen) atoms. The van der Waals surface area contributed by atoms with Crippen LogP contribution >= 0.6 is 11.6 Å². The Kier molecular flexibility index (Phi) is 11.2. The maximum Gasteiger partial charge on any atom is 0.351 e. The zero-order valence-electron chi connectivity index (χ0n) is 27.3. The third-order valence-electron chi connectivity index (χ3n) is 8.64. The Balaban J connectivity index is 1.27. The maximum absolute atomic E-state index is 15.7. The quantitative estimate of drug-likeness (QED) is 0.118. The Hall–Kier alpha value is -4.25. The average molecular weight is 713 g/mol. The number of aromatic nitrogens is 4. The van der Waals surface area contributed by atoms with Crippen molar-refractivity contribution in [1.82, 2.24) is 24.4 Å². The molecule has 2 aliphatic heterocycles. The summed E-state index contributed by atoms with van der Waals surface area (Å²) in [5.41, 5.74) is 5.96. The van der Waals surface area contributed by atoms with Gasteiger partial charge in [-0.2, -0.15) is 9.97 Å². The van der Waals surface area contributed by atoms with Crippen LogP contribution in [-0.4, -0.2) is 112 Å². The molecule has 0 bridgehead atoms. The van der Waals surface area contributed by atoms with Gasteiger partial charge in [0, 0.05) is 26.1 Å². The van der Waals surface area contributed by atoms with Crippen LogP contribution in [0.4, 0.5) is 10.2 Å². The van der Waals surface area contributed by atoms with Gasteiger partial charge < -0.3 is 34.5 Å². The molecule has 6 rings (SSSR count). The second-order valence-electron chi connectivity index (χ2n) is 12.2. The Morgan fingerprint density at radius 3 is 2.58 bits per heavy atom. The van der Waals surface area contributed by atoms with Crippen LogP contribution < -0.4 is 5.73 Å². The van der Waals surface area contributed by atoms with Gasteiger partial charge in [0.2, 0.25) is 5.28 Å². The molecule has 3 N–H and O–H groups in total. The number of aryl methyl sites for hydroxylation is 1. The first-order valence-corrected chi connectivity index (χ1v) is 16.5. The first-order chi connectivity index (χ1) is 24.1. The van der Waals surface area contributed by atoms with E-state index in [9.17, 15) is 14.7 Å². The summed E-state index contributed by atoms with van der Waals surface area (Å²) < 4.78 is 45.9. The number of nitrogens with two attached hydrogens (primary N) is 1. The van der Waals surface area contributed by atoms with E-state index in [2.05, 4.69) is 19.9 Å². The molecule has 0 amide bonds. The number of carbonyl (C=O) groups excluding carboxylic acids is 2. The highest BCUT2D eigenvalue weighted by Gasteiger charge is 2.53. The van der Waals surface area contributed by atoms with Crippen molar-refractivity contribution >= 4 is 40.5 Å². The predicted octanol–water partition coefficient (Wildman–Crippen LogP) is 2.58. The number of esters is 2. The molecule has 16 heteroatoms. The molecule has 4 heterocycles. The Morgan fingerprint density at radius 2 is 1.82 bits per heavy atom. The number of anilines is 1. The van der Waals surface area contributed by atoms with Gasteiger partial charge >= 0.3 is 11.9 Å². The molecule has 5 atom stereocenters. The van der Waals surface area contributed by atoms with E-state index in [0.717, 1.165) is 5.56 Å². The molecule has 1 unspecified atom stereocenters. The van der Waals surface area contributed by atoms with Crippen molar-refractivity contribution in [2.24, 2.45) is 0 Å². The summed E-state index contributed by atoms with van der Waals surface area (Å²) in [6, 6.07) is 16.2. The first-order valence-electron chi connectivity index (χ1n) is 16.2. The van der Waals surface area contributed by atoms with Crippen LogP contribution in [0, 0.1) is 6.92 Å². The van der Waals surface area contributed by atoms with Gasteiger partial charge in [-0.3, -0.25) is 9.47 Å². The van der Waals surface area contributed by atoms with Crippen LogP contribution in [0.2, 0.25) is 5.28 Å². The van der Waals surface area contributed by atoms with Crippen LogP contribution in [0.3, 0.4) is 0 Å². The number of hydrogen-bond acceptors (Lipinski definition) is 13. The van der Waals surface area contributed by atoms with Gasteiger partial charge in [-0.15, -0.1) is 0 Å². The molecule has 0 radical (unpaired) electrons. The number of hydrogen-bond donors (Lipinski definition) is 2. The molecule has 0 aliphatic carbocycles. The number of nitrogen functional groups attached to an aromatic ring is 1. The van der Waals surface area contributed by atoms with Crippen LogP contribution in [0.1, 0.15) is 22.9 Å². The fraction of sp³-hybridized carbons (Fsp3) is 0.441. The summed E-state index contributed by atoms with van der Waals surface area (Å²) in [5.74, 6) is -2.02. The summed E-state index contributed by atoms with van der Waals surface area (Å²) in [5, 5.41) is 10.8. The number of carbonyl (C=O) groups is 2. The minimum Gasteiger partial charge on any atom is -0.462 e. The molecule has 2 aromatic heterocycles. The largest absolute Gasteiger partial charge is 0.462 e. The SMILES string of the molecule is Cc1cccc(CC(OC[C@H]2O[C@@H](n3cnc4c(N)nc(Cl)nc43)[C@@H](F)[C@@H]2O)(C(=O)OCCN2CCOCC2)C(=O)OCc2ccccc2)c1. The van der Waals surface area contributed by atoms with E-state index >= 15 is 4.39 Å². The van der Waals surface area contributed by atoms with Gasteiger partial charge in [-0.1, -0.05) is 60.2 Å². The number of halogens is 2. The van der Waals surface area contributed by atoms with Crippen LogP contribution in [0.25, 0.3) is 11.2 Å². The molecule has 2 fully saturated rings. The van der Waals surface area contributed by atoms with Crippen molar-refractivity contribution in [3.8, 4) is 0 Å². The lowest BCUT2D eigenvalue weighted by atomic mass is 9.93. The number of alkyl halides is 1. The molecule has 2 aliphatic rings. The number of fused-ring (bicyclic) bond motifs is 1. The molecule has 4 aromatic rings. The second kappa shape index (κ2) is 15.7. The number of imidazole rings is 1. The molecule has 0 spiro atoms. The van der Waals surface area contributed by atoms with E-state index < -0.39 is 48.8 Å². The van der Waals surface area contributed by atoms with Gasteiger partial charge in [0.25, 0.3) is 5.60 Å². The smallest absolute Gasteiger partial charge is 0.351 e. The van der Waals surface area contributed by atoms with Crippen LogP contribution in [-0.2, 0) is 46.3 Å². The highest BCUT2D eigenvalue weighted by atomic mass is 35.5. The lowest BCUT2D eigenvalue weighted by Crippen LogP contribution is -2.55. The molecule has 2 aromatic carbocycles. The van der Waals surface area contributed by atoms with E-state index in [1.807, 2.05) is 19.1 Å². The van der Waals surface area contributed by atoms with Crippen LogP contribution in [0.15, 0.2) is 60.9 Å². The normalized spacial score (nSPS) is 22.3. The third kappa shape index (κ3) is 7.88. The summed E-state index contributed by atoms with van der Waals surface area (Å²) >= 11 is 5.99. The molecule has 2 saturated heterocycles. The number of benzene rings is 2. The van der Waals surface area contributed by atoms with Crippen molar-refractivity contribution in [3.05, 3.63) is 82.9 Å². The van der Waals surface area contributed by atoms with Crippen molar-refractivity contribution in [2.45, 2.75) is 50.2 Å². The van der Waals surface area contributed by atoms with Crippen LogP contribution in [0.5, 0.6) is 0 Å². The van der Waals surface area contributed by atoms with Crippen molar-refractivity contribution < 1.29 is 42.8 Å². The highest BCUT2D eigenvalue weighted by Crippen LogP contribution is 2.36. The van der Waals surface area contributed by atoms with Gasteiger partial charge in [0.15, 0.2) is 23.9 Å². The van der Waals surface area contributed by atoms with Gasteiger partial charge in [-0.25, -0.2) is 19.0 Å². The Bertz CT molecular complexity index is 1790. The van der Waals surface area contributed by atoms with Gasteiger partial charge in [0.05, 0.1) is 26.1 Å². The zero-order valence-corrected chi connectivity index (χ0v) is 28.1. The first kappa shape index (κ1) is 35.6. The molecule has 14 nitrogen and oxygen atoms in total. The molecular formula is C34H38ClFN6O8. The monoisotopic (exact) mass is 712 g/mol. The number of aliphatic hydroxyl groups excluding tert-OH is 1. The topological polar surface area (TPSA) is 173 Å². The molecule has 266 valence electrons. The van der Waals surface area contributed by atoms with Gasteiger partial charge in [-0.05, 0) is 29.7 Å². The van der Waals surface area contributed by atoms with Crippen molar-refractivity contribution in [1.29, 1.82) is 0 Å². The van der Waals surface area contributed by atoms with E-state index in [4.69, 9.17) is 41.0 Å². The number of morpholine rings is 1. The fourth-order valence-corrected chi connectivity index (χ4v) is 6.11. The van der Waals surface area contributed by atoms with Crippen molar-refractivity contribution in [3.63, 3.8) is 0 Å². The standard InChI is InChI=1S/C34H38ClFN6O8/c1-21-6-5-9-23(16-21)17-34(32(45)48-18-22-7-3-2-4-8-22,31(44)47-15-12-41-10-13-46-14-11-41)49-19-24-27(43)25(36)30(50-24)42-20-38-26-28(37)39-33(35)40-29(26)42/h2-9,16,20,24-25,27,30,43H,10-15,17-19H2,1H3,(H2,37,39,40)/t24-,25+,27-,30-,34?/m1/s1. The molecule has 0 saturated carbocycles. The second-order valence-corrected chi connectivity index (χ2v) is 12.5. The number of ether oxygens (including phenoxy) is 5. The fourth-order valence-electron chi connectivity index (χ4n) is 5.94. The number of nitrogens with zero attached hydrogens (tertiary/aromatic N) is 5. The summed E-state index contributed by atoms with van der Waals surface area (Å²) in [7, 11) is 0.